The molecule has 0 aliphatic heterocycles. The van der Waals surface area contributed by atoms with Gasteiger partial charge >= 0.3 is 0 Å². The van der Waals surface area contributed by atoms with Crippen LogP contribution in [0.2, 0.25) is 5.02 Å². The standard InChI is InChI=1S/C31H37BrClN3O7S/c1-20(30(38)34-31(2,3)4)35(18-21-9-8-10-22(32)15-21)29(37)19-36(25-16-23(33)11-13-26(25)41-5)44(39,40)24-12-14-27(42-6)28(17-24)43-7/h8-17,20H,18-19H2,1-7H3,(H,34,38). The second-order valence-electron chi connectivity index (χ2n) is 10.9. The van der Waals surface area contributed by atoms with E-state index in [0.717, 1.165) is 14.3 Å². The summed E-state index contributed by atoms with van der Waals surface area (Å²) >= 11 is 9.76. The maximum absolute atomic E-state index is 14.3. The lowest BCUT2D eigenvalue weighted by Gasteiger charge is -2.34. The Hall–Kier alpha value is -3.48. The average Bonchev–Trinajstić information content (AvgIpc) is 2.96. The molecule has 2 amide bonds. The highest BCUT2D eigenvalue weighted by atomic mass is 79.9. The van der Waals surface area contributed by atoms with Crippen LogP contribution in [0.15, 0.2) is 70.0 Å². The molecule has 0 spiro atoms. The second-order valence-corrected chi connectivity index (χ2v) is 14.1. The summed E-state index contributed by atoms with van der Waals surface area (Å²) in [5.41, 5.74) is 0.211. The van der Waals surface area contributed by atoms with Gasteiger partial charge < -0.3 is 24.4 Å². The van der Waals surface area contributed by atoms with Crippen molar-refractivity contribution in [3.63, 3.8) is 0 Å². The van der Waals surface area contributed by atoms with E-state index >= 15 is 0 Å². The summed E-state index contributed by atoms with van der Waals surface area (Å²) in [5.74, 6) is -0.346. The lowest BCUT2D eigenvalue weighted by molar-refractivity contribution is -0.140. The third kappa shape index (κ3) is 8.58. The van der Waals surface area contributed by atoms with E-state index in [1.54, 1.807) is 13.0 Å². The molecule has 0 heterocycles. The van der Waals surface area contributed by atoms with Crippen molar-refractivity contribution in [1.29, 1.82) is 0 Å². The first-order chi connectivity index (χ1) is 20.6. The van der Waals surface area contributed by atoms with Crippen molar-refractivity contribution >= 4 is 55.1 Å². The number of benzene rings is 3. The largest absolute Gasteiger partial charge is 0.495 e. The number of carbonyl (C=O) groups is 2. The zero-order chi connectivity index (χ0) is 32.8. The molecule has 0 bridgehead atoms. The molecule has 0 saturated carbocycles. The van der Waals surface area contributed by atoms with Crippen LogP contribution >= 0.6 is 27.5 Å². The van der Waals surface area contributed by atoms with E-state index in [9.17, 15) is 18.0 Å². The lowest BCUT2D eigenvalue weighted by Crippen LogP contribution is -2.54. The van der Waals surface area contributed by atoms with E-state index in [1.807, 2.05) is 45.0 Å². The van der Waals surface area contributed by atoms with Crippen molar-refractivity contribution < 1.29 is 32.2 Å². The third-order valence-corrected chi connectivity index (χ3v) is 9.02. The monoisotopic (exact) mass is 709 g/mol. The molecule has 0 radical (unpaired) electrons. The Morgan fingerprint density at radius 2 is 1.57 bits per heavy atom. The molecule has 0 saturated heterocycles. The van der Waals surface area contributed by atoms with Crippen molar-refractivity contribution in [3.05, 3.63) is 75.7 Å². The van der Waals surface area contributed by atoms with Gasteiger partial charge in [-0.15, -0.1) is 0 Å². The van der Waals surface area contributed by atoms with Crippen LogP contribution in [0.25, 0.3) is 0 Å². The number of methoxy groups -OCH3 is 3. The first-order valence-corrected chi connectivity index (χ1v) is 16.2. The third-order valence-electron chi connectivity index (χ3n) is 6.54. The first-order valence-electron chi connectivity index (χ1n) is 13.6. The summed E-state index contributed by atoms with van der Waals surface area (Å²) in [6, 6.07) is 14.9. The number of sulfonamides is 1. The van der Waals surface area contributed by atoms with Crippen molar-refractivity contribution in [2.75, 3.05) is 32.2 Å². The summed E-state index contributed by atoms with van der Waals surface area (Å²) in [5, 5.41) is 3.13. The highest BCUT2D eigenvalue weighted by molar-refractivity contribution is 9.10. The number of halogens is 2. The van der Waals surface area contributed by atoms with E-state index in [4.69, 9.17) is 25.8 Å². The molecule has 3 rings (SSSR count). The molecule has 1 N–H and O–H groups in total. The Balaban J connectivity index is 2.16. The van der Waals surface area contributed by atoms with Gasteiger partial charge in [-0.2, -0.15) is 0 Å². The van der Waals surface area contributed by atoms with Crippen molar-refractivity contribution in [1.82, 2.24) is 10.2 Å². The molecular weight excluding hydrogens is 674 g/mol. The summed E-state index contributed by atoms with van der Waals surface area (Å²) in [4.78, 5) is 28.7. The van der Waals surface area contributed by atoms with Crippen molar-refractivity contribution in [3.8, 4) is 17.2 Å². The first kappa shape index (κ1) is 35.0. The Kier molecular flexibility index (Phi) is 11.6. The zero-order valence-corrected chi connectivity index (χ0v) is 28.8. The van der Waals surface area contributed by atoms with E-state index in [-0.39, 0.29) is 33.6 Å². The molecule has 3 aromatic rings. The summed E-state index contributed by atoms with van der Waals surface area (Å²) in [7, 11) is -0.234. The summed E-state index contributed by atoms with van der Waals surface area (Å²) in [6.45, 7) is 6.47. The topological polar surface area (TPSA) is 114 Å². The van der Waals surface area contributed by atoms with Gasteiger partial charge in [0.05, 0.1) is 31.9 Å². The minimum Gasteiger partial charge on any atom is -0.495 e. The summed E-state index contributed by atoms with van der Waals surface area (Å²) < 4.78 is 46.4. The van der Waals surface area contributed by atoms with Crippen LogP contribution in [0, 0.1) is 0 Å². The SMILES string of the molecule is COc1ccc(S(=O)(=O)N(CC(=O)N(Cc2cccc(Br)c2)C(C)C(=O)NC(C)(C)C)c2cc(Cl)ccc2OC)cc1OC. The molecular formula is C31H37BrClN3O7S. The molecule has 10 nitrogen and oxygen atoms in total. The number of nitrogens with one attached hydrogen (secondary N) is 1. The highest BCUT2D eigenvalue weighted by Crippen LogP contribution is 2.37. The average molecular weight is 711 g/mol. The van der Waals surface area contributed by atoms with Crippen LogP contribution in [-0.4, -0.2) is 64.6 Å². The Bertz CT molecular complexity index is 1610. The molecule has 238 valence electrons. The number of anilines is 1. The van der Waals surface area contributed by atoms with Crippen LogP contribution in [-0.2, 0) is 26.2 Å². The van der Waals surface area contributed by atoms with Crippen molar-refractivity contribution in [2.24, 2.45) is 0 Å². The van der Waals surface area contributed by atoms with Gasteiger partial charge in [-0.3, -0.25) is 13.9 Å². The lowest BCUT2D eigenvalue weighted by atomic mass is 10.1. The molecule has 0 aromatic heterocycles. The van der Waals surface area contributed by atoms with Gasteiger partial charge in [-0.05, 0) is 75.7 Å². The van der Waals surface area contributed by atoms with Gasteiger partial charge in [0.1, 0.15) is 18.3 Å². The minimum absolute atomic E-state index is 0.0356. The quantitative estimate of drug-likeness (QED) is 0.258. The smallest absolute Gasteiger partial charge is 0.265 e. The number of nitrogens with zero attached hydrogens (tertiary/aromatic N) is 2. The fourth-order valence-corrected chi connectivity index (χ4v) is 6.41. The number of hydrogen-bond donors (Lipinski definition) is 1. The molecule has 13 heteroatoms. The predicted molar refractivity (Wildman–Crippen MR) is 174 cm³/mol. The molecule has 0 aliphatic carbocycles. The van der Waals surface area contributed by atoms with Gasteiger partial charge in [-0.1, -0.05) is 39.7 Å². The Morgan fingerprint density at radius 1 is 0.932 bits per heavy atom. The van der Waals surface area contributed by atoms with Gasteiger partial charge in [0.2, 0.25) is 11.8 Å². The fourth-order valence-electron chi connectivity index (χ4n) is 4.36. The van der Waals surface area contributed by atoms with Crippen LogP contribution < -0.4 is 23.8 Å². The van der Waals surface area contributed by atoms with E-state index < -0.39 is 40.0 Å². The van der Waals surface area contributed by atoms with Crippen LogP contribution in [0.5, 0.6) is 17.2 Å². The van der Waals surface area contributed by atoms with Gasteiger partial charge in [0.15, 0.2) is 11.5 Å². The number of hydrogen-bond acceptors (Lipinski definition) is 7. The van der Waals surface area contributed by atoms with Crippen LogP contribution in [0.4, 0.5) is 5.69 Å². The maximum atomic E-state index is 14.3. The number of rotatable bonds is 12. The number of carbonyl (C=O) groups excluding carboxylic acids is 2. The Morgan fingerprint density at radius 3 is 2.16 bits per heavy atom. The maximum Gasteiger partial charge on any atom is 0.265 e. The fraction of sp³-hybridized carbons (Fsp3) is 0.355. The summed E-state index contributed by atoms with van der Waals surface area (Å²) in [6.07, 6.45) is 0. The molecule has 44 heavy (non-hydrogen) atoms. The number of amides is 2. The zero-order valence-electron chi connectivity index (χ0n) is 25.7. The normalized spacial score (nSPS) is 12.2. The van der Waals surface area contributed by atoms with Crippen LogP contribution in [0.1, 0.15) is 33.3 Å². The molecule has 1 atom stereocenters. The van der Waals surface area contributed by atoms with E-state index in [1.165, 1.54) is 56.6 Å². The second kappa shape index (κ2) is 14.5. The predicted octanol–water partition coefficient (Wildman–Crippen LogP) is 5.66. The minimum atomic E-state index is -4.44. The van der Waals surface area contributed by atoms with Crippen LogP contribution in [0.3, 0.4) is 0 Å². The van der Waals surface area contributed by atoms with E-state index in [2.05, 4.69) is 21.2 Å². The highest BCUT2D eigenvalue weighted by Gasteiger charge is 2.35. The molecule has 3 aromatic carbocycles. The van der Waals surface area contributed by atoms with Gasteiger partial charge in [-0.25, -0.2) is 8.42 Å². The molecule has 0 aliphatic rings. The van der Waals surface area contributed by atoms with Crippen molar-refractivity contribution in [2.45, 2.75) is 50.7 Å². The number of ether oxygens (including phenoxy) is 3. The van der Waals surface area contributed by atoms with Gasteiger partial charge in [0.25, 0.3) is 10.0 Å². The van der Waals surface area contributed by atoms with E-state index in [0.29, 0.717) is 5.75 Å². The Labute approximate surface area is 272 Å². The molecule has 1 unspecified atom stereocenters. The van der Waals surface area contributed by atoms with Gasteiger partial charge in [0, 0.05) is 27.6 Å². The molecule has 0 fully saturated rings.